The highest BCUT2D eigenvalue weighted by molar-refractivity contribution is 7.88. The van der Waals surface area contributed by atoms with Crippen molar-refractivity contribution in [3.8, 4) is 0 Å². The monoisotopic (exact) mass is 227 g/mol. The first-order valence-corrected chi connectivity index (χ1v) is 6.25. The van der Waals surface area contributed by atoms with Gasteiger partial charge in [-0.2, -0.15) is 0 Å². The van der Waals surface area contributed by atoms with Gasteiger partial charge in [0.1, 0.15) is 0 Å². The van der Waals surface area contributed by atoms with E-state index < -0.39 is 10.0 Å². The lowest BCUT2D eigenvalue weighted by Crippen LogP contribution is -2.24. The van der Waals surface area contributed by atoms with E-state index in [2.05, 4.69) is 13.2 Å². The molecular formula is C11H17NO2S. The lowest BCUT2D eigenvalue weighted by atomic mass is 10.2. The van der Waals surface area contributed by atoms with Gasteiger partial charge in [-0.3, -0.25) is 4.31 Å². The van der Waals surface area contributed by atoms with Crippen LogP contribution in [0.25, 0.3) is 0 Å². The lowest BCUT2D eigenvalue weighted by Gasteiger charge is -2.17. The third kappa shape index (κ3) is 4.65. The molecule has 0 aliphatic carbocycles. The van der Waals surface area contributed by atoms with Gasteiger partial charge in [-0.15, -0.1) is 0 Å². The molecule has 0 radical (unpaired) electrons. The maximum Gasteiger partial charge on any atom is 0.231 e. The van der Waals surface area contributed by atoms with E-state index in [4.69, 9.17) is 0 Å². The fraction of sp³-hybridized carbons (Fsp3) is 0.273. The molecule has 0 heterocycles. The topological polar surface area (TPSA) is 37.4 Å². The van der Waals surface area contributed by atoms with E-state index in [1.54, 1.807) is 24.3 Å². The molecule has 0 aliphatic rings. The summed E-state index contributed by atoms with van der Waals surface area (Å²) in [5.74, 6) is 0. The van der Waals surface area contributed by atoms with Crippen LogP contribution in [0.5, 0.6) is 0 Å². The summed E-state index contributed by atoms with van der Waals surface area (Å²) in [5, 5.41) is 0. The number of hydrogen-bond acceptors (Lipinski definition) is 2. The molecule has 3 nitrogen and oxygen atoms in total. The standard InChI is InChI=1S/C11H17NO2S/c1-6-8-11(9-10(3)7-2)12(4)15(5,13)14/h6-9H,1-2H2,3-5H3/b10-9-,11-8+. The Bertz CT molecular complexity index is 402. The summed E-state index contributed by atoms with van der Waals surface area (Å²) in [7, 11) is -1.74. The van der Waals surface area contributed by atoms with E-state index in [0.29, 0.717) is 5.70 Å². The predicted octanol–water partition coefficient (Wildman–Crippen LogP) is 2.08. The third-order valence-corrected chi connectivity index (χ3v) is 3.05. The van der Waals surface area contributed by atoms with Gasteiger partial charge in [0.25, 0.3) is 0 Å². The van der Waals surface area contributed by atoms with Crippen molar-refractivity contribution in [1.29, 1.82) is 0 Å². The van der Waals surface area contributed by atoms with Gasteiger partial charge in [-0.25, -0.2) is 8.42 Å². The van der Waals surface area contributed by atoms with Gasteiger partial charge in [0.15, 0.2) is 0 Å². The summed E-state index contributed by atoms with van der Waals surface area (Å²) in [6, 6.07) is 0. The van der Waals surface area contributed by atoms with Gasteiger partial charge in [0.05, 0.1) is 12.0 Å². The average Bonchev–Trinajstić information content (AvgIpc) is 2.14. The zero-order valence-electron chi connectivity index (χ0n) is 9.40. The lowest BCUT2D eigenvalue weighted by molar-refractivity contribution is 0.536. The first-order chi connectivity index (χ1) is 6.82. The van der Waals surface area contributed by atoms with Crippen LogP contribution in [0, 0.1) is 0 Å². The minimum atomic E-state index is -3.24. The van der Waals surface area contributed by atoms with Crippen LogP contribution in [0.1, 0.15) is 6.92 Å². The van der Waals surface area contributed by atoms with Crippen molar-refractivity contribution < 1.29 is 8.42 Å². The largest absolute Gasteiger partial charge is 0.274 e. The molecule has 4 heteroatoms. The molecule has 0 unspecified atom stereocenters. The summed E-state index contributed by atoms with van der Waals surface area (Å²) in [5.41, 5.74) is 1.45. The number of allylic oxidation sites excluding steroid dienone is 5. The molecule has 0 aromatic carbocycles. The van der Waals surface area contributed by atoms with Gasteiger partial charge in [0.2, 0.25) is 10.0 Å². The summed E-state index contributed by atoms with van der Waals surface area (Å²) in [4.78, 5) is 0. The maximum atomic E-state index is 11.3. The molecule has 0 saturated carbocycles. The van der Waals surface area contributed by atoms with E-state index in [-0.39, 0.29) is 0 Å². The molecule has 0 fully saturated rings. The van der Waals surface area contributed by atoms with Crippen molar-refractivity contribution in [2.45, 2.75) is 6.92 Å². The van der Waals surface area contributed by atoms with Gasteiger partial charge in [-0.1, -0.05) is 25.3 Å². The van der Waals surface area contributed by atoms with Crippen LogP contribution >= 0.6 is 0 Å². The van der Waals surface area contributed by atoms with E-state index in [9.17, 15) is 8.42 Å². The number of rotatable bonds is 5. The van der Waals surface area contributed by atoms with E-state index in [1.165, 1.54) is 11.4 Å². The summed E-state index contributed by atoms with van der Waals surface area (Å²) in [6.45, 7) is 9.00. The molecule has 0 aromatic rings. The SMILES string of the molecule is C=C/C=C(\C=C(\C)C=C)N(C)S(C)(=O)=O. The fourth-order valence-electron chi connectivity index (χ4n) is 0.848. The normalized spacial score (nSPS) is 13.5. The van der Waals surface area contributed by atoms with Gasteiger partial charge < -0.3 is 0 Å². The van der Waals surface area contributed by atoms with Crippen molar-refractivity contribution >= 4 is 10.0 Å². The van der Waals surface area contributed by atoms with Crippen molar-refractivity contribution in [2.24, 2.45) is 0 Å². The smallest absolute Gasteiger partial charge is 0.231 e. The Labute approximate surface area is 92.2 Å². The van der Waals surface area contributed by atoms with Gasteiger partial charge >= 0.3 is 0 Å². The predicted molar refractivity (Wildman–Crippen MR) is 64.8 cm³/mol. The second kappa shape index (κ2) is 5.56. The van der Waals surface area contributed by atoms with Crippen LogP contribution in [0.2, 0.25) is 0 Å². The second-order valence-corrected chi connectivity index (χ2v) is 5.16. The molecule has 0 N–H and O–H groups in total. The Morgan fingerprint density at radius 2 is 1.87 bits per heavy atom. The van der Waals surface area contributed by atoms with E-state index >= 15 is 0 Å². The Balaban J connectivity index is 5.28. The molecule has 15 heavy (non-hydrogen) atoms. The number of hydrogen-bond donors (Lipinski definition) is 0. The molecule has 0 amide bonds. The molecule has 84 valence electrons. The zero-order chi connectivity index (χ0) is 12.1. The molecule has 0 atom stereocenters. The van der Waals surface area contributed by atoms with Crippen LogP contribution < -0.4 is 0 Å². The van der Waals surface area contributed by atoms with Crippen molar-refractivity contribution in [3.05, 3.63) is 48.7 Å². The fourth-order valence-corrected chi connectivity index (χ4v) is 1.34. The van der Waals surface area contributed by atoms with Gasteiger partial charge in [0, 0.05) is 7.05 Å². The molecule has 0 bridgehead atoms. The van der Waals surface area contributed by atoms with E-state index in [1.807, 2.05) is 6.92 Å². The molecule has 0 rings (SSSR count). The van der Waals surface area contributed by atoms with Gasteiger partial charge in [-0.05, 0) is 24.6 Å². The zero-order valence-corrected chi connectivity index (χ0v) is 10.2. The van der Waals surface area contributed by atoms with E-state index in [0.717, 1.165) is 11.8 Å². The summed E-state index contributed by atoms with van der Waals surface area (Å²) in [6.07, 6.45) is 7.72. The Morgan fingerprint density at radius 3 is 2.20 bits per heavy atom. The van der Waals surface area contributed by atoms with Crippen molar-refractivity contribution in [3.63, 3.8) is 0 Å². The van der Waals surface area contributed by atoms with Crippen LogP contribution in [-0.4, -0.2) is 26.0 Å². The number of likely N-dealkylation sites (N-methyl/N-ethyl adjacent to an activating group) is 1. The first kappa shape index (κ1) is 13.7. The molecule has 0 saturated heterocycles. The highest BCUT2D eigenvalue weighted by atomic mass is 32.2. The quantitative estimate of drug-likeness (QED) is 0.674. The highest BCUT2D eigenvalue weighted by Crippen LogP contribution is 2.11. The van der Waals surface area contributed by atoms with Crippen LogP contribution in [0.4, 0.5) is 0 Å². The highest BCUT2D eigenvalue weighted by Gasteiger charge is 2.11. The van der Waals surface area contributed by atoms with Crippen molar-refractivity contribution in [2.75, 3.05) is 13.3 Å². The summed E-state index contributed by atoms with van der Waals surface area (Å²) < 4.78 is 23.8. The van der Waals surface area contributed by atoms with Crippen LogP contribution in [0.3, 0.4) is 0 Å². The minimum Gasteiger partial charge on any atom is -0.274 e. The molecule has 0 aromatic heterocycles. The Morgan fingerprint density at radius 1 is 1.33 bits per heavy atom. The van der Waals surface area contributed by atoms with Crippen LogP contribution in [-0.2, 0) is 10.0 Å². The molecule has 0 aliphatic heterocycles. The average molecular weight is 227 g/mol. The maximum absolute atomic E-state index is 11.3. The van der Waals surface area contributed by atoms with Crippen LogP contribution in [0.15, 0.2) is 48.7 Å². The first-order valence-electron chi connectivity index (χ1n) is 4.40. The third-order valence-electron chi connectivity index (χ3n) is 1.85. The summed E-state index contributed by atoms with van der Waals surface area (Å²) >= 11 is 0. The molecule has 0 spiro atoms. The second-order valence-electron chi connectivity index (χ2n) is 3.15. The number of sulfonamides is 1. The Hall–Kier alpha value is -1.29. The Kier molecular flexibility index (Phi) is 5.08. The number of nitrogens with zero attached hydrogens (tertiary/aromatic N) is 1. The van der Waals surface area contributed by atoms with Crippen molar-refractivity contribution in [1.82, 2.24) is 4.31 Å². The minimum absolute atomic E-state index is 0.560. The molecular weight excluding hydrogens is 210 g/mol.